The molecule has 9 heteroatoms. The van der Waals surface area contributed by atoms with Crippen LogP contribution in [0.2, 0.25) is 0 Å². The molecule has 2 heterocycles. The van der Waals surface area contributed by atoms with Crippen molar-refractivity contribution in [3.63, 3.8) is 0 Å². The van der Waals surface area contributed by atoms with Gasteiger partial charge in [-0.1, -0.05) is 0 Å². The van der Waals surface area contributed by atoms with Crippen LogP contribution in [0, 0.1) is 0 Å². The molecule has 1 amide bonds. The number of carbonyl (C=O) groups is 2. The Morgan fingerprint density at radius 3 is 2.62 bits per heavy atom. The number of hydrogen-bond acceptors (Lipinski definition) is 6. The highest BCUT2D eigenvalue weighted by atomic mass is 32.2. The van der Waals surface area contributed by atoms with Gasteiger partial charge in [0.1, 0.15) is 5.76 Å². The van der Waals surface area contributed by atoms with E-state index in [0.717, 1.165) is 19.3 Å². The van der Waals surface area contributed by atoms with Crippen molar-refractivity contribution in [1.29, 1.82) is 0 Å². The van der Waals surface area contributed by atoms with Gasteiger partial charge in [0.05, 0.1) is 23.3 Å². The maximum atomic E-state index is 12.3. The van der Waals surface area contributed by atoms with Crippen molar-refractivity contribution in [2.45, 2.75) is 43.7 Å². The molecular weight excluding hydrogens is 396 g/mol. The molecule has 3 rings (SSSR count). The molecule has 0 radical (unpaired) electrons. The van der Waals surface area contributed by atoms with Crippen molar-refractivity contribution < 1.29 is 27.2 Å². The molecule has 1 aromatic carbocycles. The lowest BCUT2D eigenvalue weighted by Crippen LogP contribution is -2.44. The minimum absolute atomic E-state index is 0.0128. The normalized spacial score (nSPS) is 17.1. The number of benzene rings is 1. The fraction of sp³-hybridized carbons (Fsp3) is 0.400. The van der Waals surface area contributed by atoms with Crippen molar-refractivity contribution in [1.82, 2.24) is 9.62 Å². The monoisotopic (exact) mass is 420 g/mol. The highest BCUT2D eigenvalue weighted by Crippen LogP contribution is 2.17. The molecule has 1 aromatic heterocycles. The van der Waals surface area contributed by atoms with Crippen LogP contribution in [0.4, 0.5) is 0 Å². The lowest BCUT2D eigenvalue weighted by atomic mass is 10.0. The largest absolute Gasteiger partial charge is 0.468 e. The summed E-state index contributed by atoms with van der Waals surface area (Å²) < 4.78 is 37.2. The molecule has 29 heavy (non-hydrogen) atoms. The first-order valence-electron chi connectivity index (χ1n) is 9.45. The molecule has 0 saturated carbocycles. The van der Waals surface area contributed by atoms with E-state index < -0.39 is 16.0 Å². The SMILES string of the molecule is C[C@@H]1CCCCN1C(=O)COC(=O)c1ccc(S(=O)(=O)NCc2ccco2)cc1. The van der Waals surface area contributed by atoms with Gasteiger partial charge in [-0.3, -0.25) is 4.79 Å². The molecule has 1 atom stereocenters. The summed E-state index contributed by atoms with van der Waals surface area (Å²) in [5.41, 5.74) is 0.175. The van der Waals surface area contributed by atoms with Crippen molar-refractivity contribution in [3.05, 3.63) is 54.0 Å². The van der Waals surface area contributed by atoms with E-state index in [0.29, 0.717) is 12.3 Å². The van der Waals surface area contributed by atoms with E-state index in [9.17, 15) is 18.0 Å². The number of ether oxygens (including phenoxy) is 1. The average Bonchev–Trinajstić information content (AvgIpc) is 3.24. The molecule has 1 aliphatic heterocycles. The summed E-state index contributed by atoms with van der Waals surface area (Å²) in [5, 5.41) is 0. The lowest BCUT2D eigenvalue weighted by Gasteiger charge is -2.33. The third-order valence-corrected chi connectivity index (χ3v) is 6.28. The van der Waals surface area contributed by atoms with Gasteiger partial charge in [-0.2, -0.15) is 0 Å². The van der Waals surface area contributed by atoms with Crippen molar-refractivity contribution in [2.24, 2.45) is 0 Å². The van der Waals surface area contributed by atoms with Gasteiger partial charge in [-0.15, -0.1) is 0 Å². The summed E-state index contributed by atoms with van der Waals surface area (Å²) in [4.78, 5) is 26.2. The molecule has 1 fully saturated rings. The van der Waals surface area contributed by atoms with Gasteiger partial charge in [-0.25, -0.2) is 17.9 Å². The fourth-order valence-corrected chi connectivity index (χ4v) is 4.19. The number of piperidine rings is 1. The van der Waals surface area contributed by atoms with Crippen LogP contribution < -0.4 is 4.72 Å². The van der Waals surface area contributed by atoms with Crippen LogP contribution in [0.1, 0.15) is 42.3 Å². The van der Waals surface area contributed by atoms with E-state index >= 15 is 0 Å². The summed E-state index contributed by atoms with van der Waals surface area (Å²) in [5.74, 6) is -0.399. The summed E-state index contributed by atoms with van der Waals surface area (Å²) in [6.07, 6.45) is 4.45. The van der Waals surface area contributed by atoms with E-state index in [-0.39, 0.29) is 35.6 Å². The van der Waals surface area contributed by atoms with Gasteiger partial charge in [0.2, 0.25) is 10.0 Å². The van der Waals surface area contributed by atoms with Crippen LogP contribution in [-0.4, -0.2) is 44.4 Å². The maximum Gasteiger partial charge on any atom is 0.338 e. The number of rotatable bonds is 7. The number of furan rings is 1. The molecule has 0 spiro atoms. The Bertz CT molecular complexity index is 938. The highest BCUT2D eigenvalue weighted by molar-refractivity contribution is 7.89. The molecule has 2 aromatic rings. The van der Waals surface area contributed by atoms with E-state index in [2.05, 4.69) is 4.72 Å². The van der Waals surface area contributed by atoms with Gasteiger partial charge < -0.3 is 14.1 Å². The predicted molar refractivity (Wildman–Crippen MR) is 104 cm³/mol. The standard InChI is InChI=1S/C20H24N2O6S/c1-15-5-2-3-11-22(15)19(23)14-28-20(24)16-7-9-18(10-8-16)29(25,26)21-13-17-6-4-12-27-17/h4,6-10,12,15,21H,2-3,5,11,13-14H2,1H3/t15-/m1/s1. The minimum Gasteiger partial charge on any atom is -0.468 e. The zero-order valence-electron chi connectivity index (χ0n) is 16.2. The van der Waals surface area contributed by atoms with Crippen molar-refractivity contribution in [3.8, 4) is 0 Å². The topological polar surface area (TPSA) is 106 Å². The number of sulfonamides is 1. The number of likely N-dealkylation sites (tertiary alicyclic amines) is 1. The van der Waals surface area contributed by atoms with Gasteiger partial charge in [0, 0.05) is 12.6 Å². The van der Waals surface area contributed by atoms with Crippen LogP contribution in [-0.2, 0) is 26.1 Å². The number of esters is 1. The van der Waals surface area contributed by atoms with Gasteiger partial charge in [0.15, 0.2) is 6.61 Å². The predicted octanol–water partition coefficient (Wildman–Crippen LogP) is 2.32. The number of carbonyl (C=O) groups excluding carboxylic acids is 2. The summed E-state index contributed by atoms with van der Waals surface area (Å²) >= 11 is 0. The van der Waals surface area contributed by atoms with Gasteiger partial charge in [0.25, 0.3) is 5.91 Å². The number of amides is 1. The van der Waals surface area contributed by atoms with E-state index in [1.54, 1.807) is 17.0 Å². The van der Waals surface area contributed by atoms with Crippen LogP contribution >= 0.6 is 0 Å². The zero-order chi connectivity index (χ0) is 20.9. The van der Waals surface area contributed by atoms with E-state index in [1.807, 2.05) is 6.92 Å². The lowest BCUT2D eigenvalue weighted by molar-refractivity contribution is -0.137. The summed E-state index contributed by atoms with van der Waals surface area (Å²) in [6.45, 7) is 2.36. The second-order valence-corrected chi connectivity index (χ2v) is 8.70. The number of hydrogen-bond donors (Lipinski definition) is 1. The zero-order valence-corrected chi connectivity index (χ0v) is 17.0. The molecule has 1 aliphatic rings. The fourth-order valence-electron chi connectivity index (χ4n) is 3.19. The molecule has 8 nitrogen and oxygen atoms in total. The Morgan fingerprint density at radius 2 is 1.97 bits per heavy atom. The molecule has 0 unspecified atom stereocenters. The molecule has 1 N–H and O–H groups in total. The Balaban J connectivity index is 1.54. The Kier molecular flexibility index (Phi) is 6.71. The maximum absolute atomic E-state index is 12.3. The van der Waals surface area contributed by atoms with Crippen LogP contribution in [0.3, 0.4) is 0 Å². The summed E-state index contributed by atoms with van der Waals surface area (Å²) in [7, 11) is -3.75. The van der Waals surface area contributed by atoms with E-state index in [1.165, 1.54) is 30.5 Å². The Labute approximate surface area is 169 Å². The molecule has 156 valence electrons. The van der Waals surface area contributed by atoms with Crippen LogP contribution in [0.25, 0.3) is 0 Å². The summed E-state index contributed by atoms with van der Waals surface area (Å²) in [6, 6.07) is 8.82. The first kappa shape index (κ1) is 21.1. The van der Waals surface area contributed by atoms with Crippen molar-refractivity contribution >= 4 is 21.9 Å². The Morgan fingerprint density at radius 1 is 1.21 bits per heavy atom. The quantitative estimate of drug-likeness (QED) is 0.689. The van der Waals surface area contributed by atoms with E-state index in [4.69, 9.17) is 9.15 Å². The molecular formula is C20H24N2O6S. The van der Waals surface area contributed by atoms with Crippen molar-refractivity contribution in [2.75, 3.05) is 13.2 Å². The minimum atomic E-state index is -3.75. The smallest absolute Gasteiger partial charge is 0.338 e. The third-order valence-electron chi connectivity index (χ3n) is 4.87. The highest BCUT2D eigenvalue weighted by Gasteiger charge is 2.24. The third kappa shape index (κ3) is 5.45. The van der Waals surface area contributed by atoms with Crippen LogP contribution in [0.15, 0.2) is 52.0 Å². The number of nitrogens with zero attached hydrogens (tertiary/aromatic N) is 1. The number of nitrogens with one attached hydrogen (secondary N) is 1. The molecule has 0 bridgehead atoms. The van der Waals surface area contributed by atoms with Gasteiger partial charge in [-0.05, 0) is 62.6 Å². The first-order valence-corrected chi connectivity index (χ1v) is 10.9. The van der Waals surface area contributed by atoms with Crippen LogP contribution in [0.5, 0.6) is 0 Å². The second-order valence-electron chi connectivity index (χ2n) is 6.94. The second kappa shape index (κ2) is 9.23. The average molecular weight is 420 g/mol. The first-order chi connectivity index (χ1) is 13.9. The van der Waals surface area contributed by atoms with Gasteiger partial charge >= 0.3 is 5.97 Å². The molecule has 1 saturated heterocycles. The Hall–Kier alpha value is -2.65. The molecule has 0 aliphatic carbocycles.